The number of benzene rings is 2. The quantitative estimate of drug-likeness (QED) is 0.510. The summed E-state index contributed by atoms with van der Waals surface area (Å²) in [7, 11) is 1.61. The standard InChI is InChI=1S/C20H17ClN6O2/c1-29-17-8-2-13(3-9-17)19-24-18(25-26-19)11-22-20(28)14-10-23-27(12-14)16-6-4-15(21)5-7-16/h2-10,12H,11H2,1H3,(H,22,28)(H,24,25,26). The molecule has 8 nitrogen and oxygen atoms in total. The number of carbonyl (C=O) groups is 1. The van der Waals surface area contributed by atoms with Gasteiger partial charge in [-0.2, -0.15) is 10.2 Å². The Kier molecular flexibility index (Phi) is 5.26. The lowest BCUT2D eigenvalue weighted by Gasteiger charge is -2.01. The number of carbonyl (C=O) groups excluding carboxylic acids is 1. The highest BCUT2D eigenvalue weighted by atomic mass is 35.5. The largest absolute Gasteiger partial charge is 0.497 e. The van der Waals surface area contributed by atoms with Crippen LogP contribution >= 0.6 is 11.6 Å². The monoisotopic (exact) mass is 408 g/mol. The van der Waals surface area contributed by atoms with Crippen LogP contribution in [0.2, 0.25) is 5.02 Å². The first-order valence-electron chi connectivity index (χ1n) is 8.77. The zero-order chi connectivity index (χ0) is 20.2. The third-order valence-electron chi connectivity index (χ3n) is 4.23. The Labute approximate surface area is 171 Å². The van der Waals surface area contributed by atoms with Gasteiger partial charge in [0.05, 0.1) is 31.1 Å². The molecule has 4 aromatic rings. The van der Waals surface area contributed by atoms with Crippen molar-refractivity contribution in [1.82, 2.24) is 30.3 Å². The lowest BCUT2D eigenvalue weighted by Crippen LogP contribution is -2.23. The molecular formula is C20H17ClN6O2. The number of ether oxygens (including phenoxy) is 1. The molecule has 0 aliphatic heterocycles. The first-order chi connectivity index (χ1) is 14.1. The summed E-state index contributed by atoms with van der Waals surface area (Å²) in [5.41, 5.74) is 2.10. The fraction of sp³-hybridized carbons (Fsp3) is 0.100. The van der Waals surface area contributed by atoms with Gasteiger partial charge in [0.25, 0.3) is 5.91 Å². The van der Waals surface area contributed by atoms with Gasteiger partial charge in [-0.25, -0.2) is 9.67 Å². The number of halogens is 1. The van der Waals surface area contributed by atoms with Crippen LogP contribution in [0.5, 0.6) is 5.75 Å². The van der Waals surface area contributed by atoms with Gasteiger partial charge in [0, 0.05) is 16.8 Å². The van der Waals surface area contributed by atoms with Crippen LogP contribution in [-0.2, 0) is 6.54 Å². The average molecular weight is 409 g/mol. The van der Waals surface area contributed by atoms with E-state index in [0.29, 0.717) is 22.2 Å². The maximum atomic E-state index is 12.4. The molecule has 0 bridgehead atoms. The minimum atomic E-state index is -0.257. The Bertz CT molecular complexity index is 1120. The van der Waals surface area contributed by atoms with Gasteiger partial charge in [0.15, 0.2) is 5.82 Å². The number of nitrogens with zero attached hydrogens (tertiary/aromatic N) is 4. The predicted octanol–water partition coefficient (Wildman–Crippen LogP) is 3.25. The van der Waals surface area contributed by atoms with Gasteiger partial charge in [-0.3, -0.25) is 9.89 Å². The topological polar surface area (TPSA) is 97.7 Å². The molecule has 0 spiro atoms. The van der Waals surface area contributed by atoms with E-state index in [0.717, 1.165) is 17.0 Å². The molecule has 0 saturated heterocycles. The summed E-state index contributed by atoms with van der Waals surface area (Å²) >= 11 is 5.90. The van der Waals surface area contributed by atoms with E-state index < -0.39 is 0 Å². The van der Waals surface area contributed by atoms with Crippen molar-refractivity contribution in [2.45, 2.75) is 6.54 Å². The molecular weight excluding hydrogens is 392 g/mol. The molecule has 2 N–H and O–H groups in total. The van der Waals surface area contributed by atoms with E-state index in [2.05, 4.69) is 25.6 Å². The highest BCUT2D eigenvalue weighted by Gasteiger charge is 2.11. The van der Waals surface area contributed by atoms with Gasteiger partial charge in [-0.15, -0.1) is 0 Å². The molecule has 146 valence electrons. The van der Waals surface area contributed by atoms with Crippen molar-refractivity contribution in [3.05, 3.63) is 77.3 Å². The van der Waals surface area contributed by atoms with Crippen LogP contribution in [0.15, 0.2) is 60.9 Å². The minimum absolute atomic E-state index is 0.216. The van der Waals surface area contributed by atoms with Gasteiger partial charge in [-0.1, -0.05) is 11.6 Å². The molecule has 0 radical (unpaired) electrons. The van der Waals surface area contributed by atoms with Crippen molar-refractivity contribution in [2.24, 2.45) is 0 Å². The predicted molar refractivity (Wildman–Crippen MR) is 108 cm³/mol. The minimum Gasteiger partial charge on any atom is -0.497 e. The first kappa shape index (κ1) is 18.7. The van der Waals surface area contributed by atoms with Crippen LogP contribution in [0.4, 0.5) is 0 Å². The molecule has 2 aromatic heterocycles. The number of hydrogen-bond donors (Lipinski definition) is 2. The molecule has 2 aromatic carbocycles. The Balaban J connectivity index is 1.38. The molecule has 0 saturated carbocycles. The lowest BCUT2D eigenvalue weighted by atomic mass is 10.2. The second-order valence-electron chi connectivity index (χ2n) is 6.17. The van der Waals surface area contributed by atoms with Crippen LogP contribution in [0, 0.1) is 0 Å². The van der Waals surface area contributed by atoms with Gasteiger partial charge in [0.1, 0.15) is 11.6 Å². The molecule has 9 heteroatoms. The number of hydrogen-bond acceptors (Lipinski definition) is 5. The summed E-state index contributed by atoms with van der Waals surface area (Å²) in [6.45, 7) is 0.216. The Morgan fingerprint density at radius 2 is 1.93 bits per heavy atom. The van der Waals surface area contributed by atoms with E-state index in [-0.39, 0.29) is 12.5 Å². The third kappa shape index (κ3) is 4.27. The summed E-state index contributed by atoms with van der Waals surface area (Å²) in [5.74, 6) is 1.60. The number of H-pyrrole nitrogens is 1. The van der Waals surface area contributed by atoms with Crippen molar-refractivity contribution in [3.63, 3.8) is 0 Å². The molecule has 0 aliphatic rings. The van der Waals surface area contributed by atoms with Crippen LogP contribution in [0.1, 0.15) is 16.2 Å². The smallest absolute Gasteiger partial charge is 0.254 e. The van der Waals surface area contributed by atoms with Gasteiger partial charge < -0.3 is 10.1 Å². The van der Waals surface area contributed by atoms with Gasteiger partial charge >= 0.3 is 0 Å². The van der Waals surface area contributed by atoms with E-state index in [1.807, 2.05) is 36.4 Å². The van der Waals surface area contributed by atoms with E-state index in [4.69, 9.17) is 16.3 Å². The van der Waals surface area contributed by atoms with Gasteiger partial charge in [0.2, 0.25) is 0 Å². The molecule has 0 aliphatic carbocycles. The maximum absolute atomic E-state index is 12.4. The molecule has 0 fully saturated rings. The van der Waals surface area contributed by atoms with Crippen molar-refractivity contribution >= 4 is 17.5 Å². The van der Waals surface area contributed by atoms with E-state index >= 15 is 0 Å². The van der Waals surface area contributed by atoms with Crippen molar-refractivity contribution in [1.29, 1.82) is 0 Å². The molecule has 2 heterocycles. The van der Waals surface area contributed by atoms with Crippen molar-refractivity contribution in [3.8, 4) is 22.8 Å². The molecule has 1 amide bonds. The van der Waals surface area contributed by atoms with E-state index in [1.54, 1.807) is 30.1 Å². The Morgan fingerprint density at radius 1 is 1.17 bits per heavy atom. The van der Waals surface area contributed by atoms with Crippen LogP contribution in [0.3, 0.4) is 0 Å². The van der Waals surface area contributed by atoms with Gasteiger partial charge in [-0.05, 0) is 48.5 Å². The van der Waals surface area contributed by atoms with Crippen molar-refractivity contribution in [2.75, 3.05) is 7.11 Å². The van der Waals surface area contributed by atoms with Crippen LogP contribution in [-0.4, -0.2) is 38.0 Å². The summed E-state index contributed by atoms with van der Waals surface area (Å²) < 4.78 is 6.76. The number of nitrogens with one attached hydrogen (secondary N) is 2. The molecule has 29 heavy (non-hydrogen) atoms. The zero-order valence-electron chi connectivity index (χ0n) is 15.5. The lowest BCUT2D eigenvalue weighted by molar-refractivity contribution is 0.0950. The first-order valence-corrected chi connectivity index (χ1v) is 9.15. The van der Waals surface area contributed by atoms with Crippen molar-refractivity contribution < 1.29 is 9.53 Å². The van der Waals surface area contributed by atoms with Crippen LogP contribution in [0.25, 0.3) is 17.1 Å². The normalized spacial score (nSPS) is 10.7. The van der Waals surface area contributed by atoms with E-state index in [9.17, 15) is 4.79 Å². The highest BCUT2D eigenvalue weighted by Crippen LogP contribution is 2.19. The highest BCUT2D eigenvalue weighted by molar-refractivity contribution is 6.30. The summed E-state index contributed by atoms with van der Waals surface area (Å²) in [4.78, 5) is 16.8. The fourth-order valence-corrected chi connectivity index (χ4v) is 2.81. The average Bonchev–Trinajstić information content (AvgIpc) is 3.43. The number of methoxy groups -OCH3 is 1. The second kappa shape index (κ2) is 8.15. The zero-order valence-corrected chi connectivity index (χ0v) is 16.2. The third-order valence-corrected chi connectivity index (χ3v) is 4.48. The summed E-state index contributed by atoms with van der Waals surface area (Å²) in [5, 5.41) is 14.7. The Hall–Kier alpha value is -3.65. The summed E-state index contributed by atoms with van der Waals surface area (Å²) in [6, 6.07) is 14.6. The number of aromatic amines is 1. The number of amides is 1. The Morgan fingerprint density at radius 3 is 2.66 bits per heavy atom. The summed E-state index contributed by atoms with van der Waals surface area (Å²) in [6.07, 6.45) is 3.16. The van der Waals surface area contributed by atoms with Crippen LogP contribution < -0.4 is 10.1 Å². The maximum Gasteiger partial charge on any atom is 0.254 e. The molecule has 0 unspecified atom stereocenters. The number of rotatable bonds is 6. The molecule has 4 rings (SSSR count). The van der Waals surface area contributed by atoms with E-state index in [1.165, 1.54) is 6.20 Å². The SMILES string of the molecule is COc1ccc(-c2n[nH]c(CNC(=O)c3cnn(-c4ccc(Cl)cc4)c3)n2)cc1. The second-order valence-corrected chi connectivity index (χ2v) is 6.60. The molecule has 0 atom stereocenters. The number of aromatic nitrogens is 5. The fourth-order valence-electron chi connectivity index (χ4n) is 2.68.